The summed E-state index contributed by atoms with van der Waals surface area (Å²) in [5, 5.41) is 30.6. The van der Waals surface area contributed by atoms with Crippen molar-refractivity contribution in [3.05, 3.63) is 78.2 Å². The van der Waals surface area contributed by atoms with Gasteiger partial charge in [0.05, 0.1) is 57.1 Å². The van der Waals surface area contributed by atoms with Crippen molar-refractivity contribution in [2.45, 2.75) is 49.8 Å². The van der Waals surface area contributed by atoms with Crippen LogP contribution >= 0.6 is 0 Å². The molecule has 5 rings (SSSR count). The van der Waals surface area contributed by atoms with Crippen LogP contribution in [0, 0.1) is 0 Å². The number of benzene rings is 2. The minimum atomic E-state index is -1.18. The van der Waals surface area contributed by atoms with Gasteiger partial charge in [-0.1, -0.05) is 73.5 Å². The van der Waals surface area contributed by atoms with Gasteiger partial charge in [-0.15, -0.1) is 0 Å². The molecule has 1 aliphatic heterocycles. The Bertz CT molecular complexity index is 1370. The van der Waals surface area contributed by atoms with Crippen LogP contribution in [0.5, 0.6) is 0 Å². The molecule has 3 aromatic rings. The summed E-state index contributed by atoms with van der Waals surface area (Å²) < 4.78 is 13.1. The van der Waals surface area contributed by atoms with Crippen LogP contribution in [0.25, 0.3) is 11.3 Å². The van der Waals surface area contributed by atoms with Gasteiger partial charge in [0, 0.05) is 25.2 Å². The lowest BCUT2D eigenvalue weighted by molar-refractivity contribution is -0.105. The van der Waals surface area contributed by atoms with Gasteiger partial charge in [0.15, 0.2) is 5.69 Å². The van der Waals surface area contributed by atoms with Crippen LogP contribution in [0.2, 0.25) is 0 Å². The summed E-state index contributed by atoms with van der Waals surface area (Å²) in [7, 11) is 0. The van der Waals surface area contributed by atoms with E-state index in [0.29, 0.717) is 38.2 Å². The normalized spacial score (nSPS) is 22.2. The molecule has 2 aliphatic rings. The number of ether oxygens (including phenoxy) is 2. The number of carbonyl (C=O) groups excluding carboxylic acids is 1. The van der Waals surface area contributed by atoms with Crippen molar-refractivity contribution in [3.8, 4) is 11.3 Å². The lowest BCUT2D eigenvalue weighted by Crippen LogP contribution is -2.57. The number of imidazole rings is 1. The van der Waals surface area contributed by atoms with Crippen molar-refractivity contribution in [2.24, 2.45) is 0 Å². The van der Waals surface area contributed by atoms with Crippen LogP contribution in [0.1, 0.15) is 47.8 Å². The number of hydrogen-bond acceptors (Lipinski definition) is 7. The van der Waals surface area contributed by atoms with Gasteiger partial charge in [0.25, 0.3) is 5.91 Å². The summed E-state index contributed by atoms with van der Waals surface area (Å²) in [5.74, 6) is -0.259. The second kappa shape index (κ2) is 14.8. The summed E-state index contributed by atoms with van der Waals surface area (Å²) in [6.07, 6.45) is 4.18. The summed E-state index contributed by atoms with van der Waals surface area (Å²) in [6.45, 7) is 1.57. The van der Waals surface area contributed by atoms with Crippen LogP contribution in [0.15, 0.2) is 67.0 Å². The van der Waals surface area contributed by atoms with Gasteiger partial charge in [-0.25, -0.2) is 9.78 Å². The first-order chi connectivity index (χ1) is 21.4. The molecule has 1 aromatic heterocycles. The van der Waals surface area contributed by atoms with E-state index in [4.69, 9.17) is 14.6 Å². The number of piperazine rings is 1. The molecular formula is C33H42N4O7. The quantitative estimate of drug-likeness (QED) is 0.267. The first-order valence-electron chi connectivity index (χ1n) is 15.3. The summed E-state index contributed by atoms with van der Waals surface area (Å²) >= 11 is 0. The van der Waals surface area contributed by atoms with Crippen LogP contribution in [-0.4, -0.2) is 111 Å². The Morgan fingerprint density at radius 3 is 2.41 bits per heavy atom. The van der Waals surface area contributed by atoms with Crippen LogP contribution in [0.3, 0.4) is 0 Å². The average molecular weight is 607 g/mol. The molecule has 236 valence electrons. The summed E-state index contributed by atoms with van der Waals surface area (Å²) in [6, 6.07) is 18.6. The molecule has 1 aliphatic carbocycles. The van der Waals surface area contributed by atoms with E-state index in [9.17, 15) is 19.8 Å². The second-order valence-corrected chi connectivity index (χ2v) is 11.5. The topological polar surface area (TPSA) is 138 Å². The van der Waals surface area contributed by atoms with E-state index in [1.165, 1.54) is 4.90 Å². The molecule has 11 nitrogen and oxygen atoms in total. The van der Waals surface area contributed by atoms with E-state index in [-0.39, 0.29) is 63.1 Å². The fraction of sp³-hybridized carbons (Fsp3) is 0.485. The van der Waals surface area contributed by atoms with Crippen LogP contribution in [0.4, 0.5) is 4.79 Å². The third-order valence-electron chi connectivity index (χ3n) is 8.62. The molecule has 2 amide bonds. The molecule has 3 atom stereocenters. The van der Waals surface area contributed by atoms with Crippen molar-refractivity contribution in [1.29, 1.82) is 0 Å². The van der Waals surface area contributed by atoms with Gasteiger partial charge in [0.2, 0.25) is 0 Å². The van der Waals surface area contributed by atoms with Crippen molar-refractivity contribution in [1.82, 2.24) is 19.4 Å². The van der Waals surface area contributed by atoms with E-state index >= 15 is 0 Å². The highest BCUT2D eigenvalue weighted by Crippen LogP contribution is 2.41. The Balaban J connectivity index is 1.46. The number of carbonyl (C=O) groups is 2. The maximum Gasteiger partial charge on any atom is 0.407 e. The SMILES string of the molecule is O=C(O)N1CCN(C(=O)c2ncn([C@H]3CCCC[C@]3(O)COCCOCCO)c2-c2ccccc2)[C@H](Cc2ccccc2)C1. The zero-order chi connectivity index (χ0) is 30.9. The molecule has 3 N–H and O–H groups in total. The maximum absolute atomic E-state index is 14.4. The minimum absolute atomic E-state index is 0.0573. The standard InChI is InChI=1S/C33H42N4O7/c38-17-18-43-19-20-44-23-33(42)14-8-7-13-28(33)37-24-34-29(30(37)26-11-5-2-6-12-26)31(39)36-16-15-35(32(40)41)22-27(36)21-25-9-3-1-4-10-25/h1-6,9-12,24,27-28,38,42H,7-8,13-23H2,(H,40,41)/t27-,28+,33+/m1/s1. The molecular weight excluding hydrogens is 564 g/mol. The second-order valence-electron chi connectivity index (χ2n) is 11.5. The Hall–Kier alpha value is -3.77. The van der Waals surface area contributed by atoms with Gasteiger partial charge >= 0.3 is 6.09 Å². The van der Waals surface area contributed by atoms with Gasteiger partial charge in [0.1, 0.15) is 5.60 Å². The molecule has 0 spiro atoms. The number of hydrogen-bond donors (Lipinski definition) is 3. The van der Waals surface area contributed by atoms with Crippen LogP contribution < -0.4 is 0 Å². The number of carboxylic acid groups (broad SMARTS) is 1. The third kappa shape index (κ3) is 7.29. The van der Waals surface area contributed by atoms with Gasteiger partial charge in [-0.2, -0.15) is 0 Å². The fourth-order valence-electron chi connectivity index (χ4n) is 6.43. The van der Waals surface area contributed by atoms with Gasteiger partial charge < -0.3 is 39.2 Å². The molecule has 2 heterocycles. The van der Waals surface area contributed by atoms with E-state index in [1.807, 2.05) is 65.2 Å². The smallest absolute Gasteiger partial charge is 0.407 e. The molecule has 1 saturated heterocycles. The molecule has 0 bridgehead atoms. The highest BCUT2D eigenvalue weighted by Gasteiger charge is 2.43. The van der Waals surface area contributed by atoms with E-state index in [2.05, 4.69) is 4.98 Å². The minimum Gasteiger partial charge on any atom is -0.465 e. The van der Waals surface area contributed by atoms with Crippen molar-refractivity contribution < 1.29 is 34.4 Å². The number of aromatic nitrogens is 2. The van der Waals surface area contributed by atoms with Gasteiger partial charge in [-0.3, -0.25) is 4.79 Å². The molecule has 2 aromatic carbocycles. The van der Waals surface area contributed by atoms with Crippen LogP contribution in [-0.2, 0) is 15.9 Å². The number of amides is 2. The molecule has 2 fully saturated rings. The highest BCUT2D eigenvalue weighted by molar-refractivity contribution is 5.98. The highest BCUT2D eigenvalue weighted by atomic mass is 16.5. The predicted octanol–water partition coefficient (Wildman–Crippen LogP) is 3.47. The Morgan fingerprint density at radius 1 is 0.955 bits per heavy atom. The maximum atomic E-state index is 14.4. The largest absolute Gasteiger partial charge is 0.465 e. The summed E-state index contributed by atoms with van der Waals surface area (Å²) in [4.78, 5) is 34.1. The number of rotatable bonds is 12. The summed E-state index contributed by atoms with van der Waals surface area (Å²) in [5.41, 5.74) is 1.56. The van der Waals surface area contributed by atoms with Crippen molar-refractivity contribution in [2.75, 3.05) is 52.7 Å². The first kappa shape index (κ1) is 31.6. The Kier molecular flexibility index (Phi) is 10.6. The van der Waals surface area contributed by atoms with E-state index in [0.717, 1.165) is 24.0 Å². The van der Waals surface area contributed by atoms with Crippen molar-refractivity contribution >= 4 is 12.0 Å². The zero-order valence-electron chi connectivity index (χ0n) is 25.0. The van der Waals surface area contributed by atoms with E-state index < -0.39 is 11.7 Å². The molecule has 0 unspecified atom stereocenters. The van der Waals surface area contributed by atoms with E-state index in [1.54, 1.807) is 11.2 Å². The number of nitrogens with zero attached hydrogens (tertiary/aromatic N) is 4. The zero-order valence-corrected chi connectivity index (χ0v) is 25.0. The lowest BCUT2D eigenvalue weighted by atomic mass is 9.80. The monoisotopic (exact) mass is 606 g/mol. The third-order valence-corrected chi connectivity index (χ3v) is 8.62. The molecule has 0 radical (unpaired) electrons. The lowest BCUT2D eigenvalue weighted by Gasteiger charge is -2.41. The number of aliphatic hydroxyl groups excluding tert-OH is 1. The molecule has 11 heteroatoms. The fourth-order valence-corrected chi connectivity index (χ4v) is 6.43. The van der Waals surface area contributed by atoms with Gasteiger partial charge in [-0.05, 0) is 24.8 Å². The Labute approximate surface area is 257 Å². The predicted molar refractivity (Wildman–Crippen MR) is 163 cm³/mol. The molecule has 44 heavy (non-hydrogen) atoms. The Morgan fingerprint density at radius 2 is 1.68 bits per heavy atom. The number of aliphatic hydroxyl groups is 2. The first-order valence-corrected chi connectivity index (χ1v) is 15.3. The average Bonchev–Trinajstić information content (AvgIpc) is 3.48. The molecule has 1 saturated carbocycles. The van der Waals surface area contributed by atoms with Crippen molar-refractivity contribution in [3.63, 3.8) is 0 Å².